The summed E-state index contributed by atoms with van der Waals surface area (Å²) in [7, 11) is 3.02. The Morgan fingerprint density at radius 3 is 2.50 bits per heavy atom. The van der Waals surface area contributed by atoms with Gasteiger partial charge >= 0.3 is 5.97 Å². The standard InChI is InChI=1S/C30H27N3O8S/c1-16(2)40-29(35)26-17(3)31-30-32(27(26)18-6-9-20(38-4)10-7-18)28(34)25(42-30)15-21-11-13-24(41-21)22-14-19(33(36)37)8-12-23(22)39-5/h6-16,27H,1-5H3/b25-15-. The zero-order valence-electron chi connectivity index (χ0n) is 23.4. The molecule has 1 atom stereocenters. The normalized spacial score (nSPS) is 14.9. The van der Waals surface area contributed by atoms with Crippen molar-refractivity contribution in [3.63, 3.8) is 0 Å². The van der Waals surface area contributed by atoms with Crippen molar-refractivity contribution in [2.45, 2.75) is 32.9 Å². The number of nitrogens with zero attached hydrogens (tertiary/aromatic N) is 3. The third-order valence-electron chi connectivity index (χ3n) is 6.58. The van der Waals surface area contributed by atoms with Gasteiger partial charge in [-0.1, -0.05) is 23.5 Å². The number of esters is 1. The molecule has 2 aromatic carbocycles. The molecule has 0 radical (unpaired) electrons. The Hall–Kier alpha value is -4.97. The molecule has 12 heteroatoms. The zero-order valence-corrected chi connectivity index (χ0v) is 24.3. The Balaban J connectivity index is 1.62. The fourth-order valence-electron chi connectivity index (χ4n) is 4.67. The molecule has 0 bridgehead atoms. The van der Waals surface area contributed by atoms with Crippen LogP contribution >= 0.6 is 11.3 Å². The number of benzene rings is 2. The molecule has 216 valence electrons. The third kappa shape index (κ3) is 5.36. The fraction of sp³-hybridized carbons (Fsp3) is 0.233. The number of allylic oxidation sites excluding steroid dienone is 1. The minimum atomic E-state index is -0.776. The summed E-state index contributed by atoms with van der Waals surface area (Å²) in [4.78, 5) is 42.9. The third-order valence-corrected chi connectivity index (χ3v) is 7.56. The molecule has 2 aromatic heterocycles. The molecule has 0 spiro atoms. The van der Waals surface area contributed by atoms with Crippen LogP contribution < -0.4 is 24.4 Å². The first-order valence-corrected chi connectivity index (χ1v) is 13.7. The van der Waals surface area contributed by atoms with Crippen LogP contribution in [-0.4, -0.2) is 35.8 Å². The average Bonchev–Trinajstić information content (AvgIpc) is 3.55. The number of nitro groups is 1. The lowest BCUT2D eigenvalue weighted by Gasteiger charge is -2.25. The van der Waals surface area contributed by atoms with E-state index in [1.165, 1.54) is 29.9 Å². The number of methoxy groups -OCH3 is 2. The second-order valence-electron chi connectivity index (χ2n) is 9.65. The number of carbonyl (C=O) groups excluding carboxylic acids is 1. The van der Waals surface area contributed by atoms with Gasteiger partial charge in [-0.2, -0.15) is 0 Å². The van der Waals surface area contributed by atoms with Crippen LogP contribution in [0.25, 0.3) is 17.4 Å². The first-order chi connectivity index (χ1) is 20.1. The van der Waals surface area contributed by atoms with Crippen molar-refractivity contribution in [2.24, 2.45) is 4.99 Å². The topological polar surface area (TPSA) is 135 Å². The Bertz CT molecular complexity index is 1900. The number of rotatable bonds is 8. The number of carbonyl (C=O) groups is 1. The maximum atomic E-state index is 13.9. The summed E-state index contributed by atoms with van der Waals surface area (Å²) in [6.45, 7) is 5.23. The van der Waals surface area contributed by atoms with Crippen LogP contribution in [0, 0.1) is 10.1 Å². The van der Waals surface area contributed by atoms with Crippen molar-refractivity contribution in [3.8, 4) is 22.8 Å². The van der Waals surface area contributed by atoms with Gasteiger partial charge in [-0.05, 0) is 56.7 Å². The van der Waals surface area contributed by atoms with E-state index in [2.05, 4.69) is 4.99 Å². The number of aromatic nitrogens is 1. The molecule has 11 nitrogen and oxygen atoms in total. The SMILES string of the molecule is COc1ccc(C2C(C(=O)OC(C)C)=C(C)N=c3s/c(=C\c4ccc(-c5cc([N+](=O)[O-])ccc5OC)o4)c(=O)n32)cc1. The lowest BCUT2D eigenvalue weighted by molar-refractivity contribution is -0.384. The highest BCUT2D eigenvalue weighted by Gasteiger charge is 2.34. The predicted octanol–water partition coefficient (Wildman–Crippen LogP) is 4.37. The number of ether oxygens (including phenoxy) is 3. The average molecular weight is 590 g/mol. The van der Waals surface area contributed by atoms with E-state index < -0.39 is 16.9 Å². The number of nitro benzene ring substituents is 1. The maximum absolute atomic E-state index is 13.9. The number of hydrogen-bond donors (Lipinski definition) is 0. The molecular formula is C30H27N3O8S. The summed E-state index contributed by atoms with van der Waals surface area (Å²) in [6, 6.07) is 13.9. The van der Waals surface area contributed by atoms with Crippen LogP contribution in [0.3, 0.4) is 0 Å². The van der Waals surface area contributed by atoms with Crippen molar-refractivity contribution >= 4 is 29.1 Å². The summed E-state index contributed by atoms with van der Waals surface area (Å²) in [5.74, 6) is 1.16. The first kappa shape index (κ1) is 28.6. The highest BCUT2D eigenvalue weighted by Crippen LogP contribution is 2.35. The van der Waals surface area contributed by atoms with Crippen molar-refractivity contribution in [3.05, 3.63) is 107 Å². The van der Waals surface area contributed by atoms with E-state index in [1.54, 1.807) is 70.4 Å². The lowest BCUT2D eigenvalue weighted by Crippen LogP contribution is -2.40. The molecule has 0 amide bonds. The van der Waals surface area contributed by atoms with Crippen molar-refractivity contribution in [1.29, 1.82) is 0 Å². The van der Waals surface area contributed by atoms with Crippen LogP contribution in [0.5, 0.6) is 11.5 Å². The van der Waals surface area contributed by atoms with Crippen LogP contribution in [0.15, 0.2) is 80.1 Å². The molecule has 4 aromatic rings. The Morgan fingerprint density at radius 2 is 1.86 bits per heavy atom. The van der Waals surface area contributed by atoms with Gasteiger partial charge in [0.05, 0.1) is 52.7 Å². The van der Waals surface area contributed by atoms with Crippen LogP contribution in [-0.2, 0) is 9.53 Å². The number of furan rings is 1. The summed E-state index contributed by atoms with van der Waals surface area (Å²) < 4.78 is 24.0. The van der Waals surface area contributed by atoms with E-state index in [1.807, 2.05) is 0 Å². The molecule has 0 aliphatic carbocycles. The van der Waals surface area contributed by atoms with E-state index in [9.17, 15) is 19.7 Å². The highest BCUT2D eigenvalue weighted by atomic mass is 32.1. The van der Waals surface area contributed by atoms with Gasteiger partial charge in [0.15, 0.2) is 4.80 Å². The molecule has 5 rings (SSSR count). The van der Waals surface area contributed by atoms with Gasteiger partial charge < -0.3 is 18.6 Å². The second kappa shape index (κ2) is 11.5. The summed E-state index contributed by atoms with van der Waals surface area (Å²) in [5.41, 5.74) is 1.33. The van der Waals surface area contributed by atoms with Gasteiger partial charge in [0.1, 0.15) is 23.0 Å². The molecule has 3 heterocycles. The van der Waals surface area contributed by atoms with Gasteiger partial charge in [0, 0.05) is 18.2 Å². The van der Waals surface area contributed by atoms with E-state index in [0.29, 0.717) is 49.2 Å². The number of fused-ring (bicyclic) bond motifs is 1. The second-order valence-corrected chi connectivity index (χ2v) is 10.7. The van der Waals surface area contributed by atoms with Gasteiger partial charge in [0.2, 0.25) is 0 Å². The molecule has 42 heavy (non-hydrogen) atoms. The van der Waals surface area contributed by atoms with Crippen molar-refractivity contribution in [1.82, 2.24) is 4.57 Å². The predicted molar refractivity (Wildman–Crippen MR) is 155 cm³/mol. The molecule has 0 N–H and O–H groups in total. The molecule has 1 unspecified atom stereocenters. The smallest absolute Gasteiger partial charge is 0.338 e. The summed E-state index contributed by atoms with van der Waals surface area (Å²) in [6.07, 6.45) is 1.21. The van der Waals surface area contributed by atoms with Crippen LogP contribution in [0.2, 0.25) is 0 Å². The van der Waals surface area contributed by atoms with Gasteiger partial charge in [-0.15, -0.1) is 0 Å². The molecule has 0 saturated heterocycles. The molecule has 1 aliphatic heterocycles. The highest BCUT2D eigenvalue weighted by molar-refractivity contribution is 7.07. The van der Waals surface area contributed by atoms with Crippen LogP contribution in [0.1, 0.15) is 38.1 Å². The monoisotopic (exact) mass is 589 g/mol. The fourth-order valence-corrected chi connectivity index (χ4v) is 5.69. The largest absolute Gasteiger partial charge is 0.497 e. The Morgan fingerprint density at radius 1 is 1.12 bits per heavy atom. The summed E-state index contributed by atoms with van der Waals surface area (Å²) >= 11 is 1.16. The van der Waals surface area contributed by atoms with E-state index >= 15 is 0 Å². The molecular weight excluding hydrogens is 562 g/mol. The quantitative estimate of drug-likeness (QED) is 0.168. The Kier molecular flexibility index (Phi) is 7.81. The van der Waals surface area contributed by atoms with Crippen LogP contribution in [0.4, 0.5) is 5.69 Å². The van der Waals surface area contributed by atoms with E-state index in [4.69, 9.17) is 18.6 Å². The lowest BCUT2D eigenvalue weighted by atomic mass is 9.96. The molecule has 1 aliphatic rings. The number of thiazole rings is 1. The van der Waals surface area contributed by atoms with E-state index in [0.717, 1.165) is 11.3 Å². The molecule has 0 fully saturated rings. The number of non-ortho nitro benzene ring substituents is 1. The molecule has 0 saturated carbocycles. The minimum absolute atomic E-state index is 0.113. The van der Waals surface area contributed by atoms with Gasteiger partial charge in [0.25, 0.3) is 11.2 Å². The Labute approximate surface area is 243 Å². The van der Waals surface area contributed by atoms with E-state index in [-0.39, 0.29) is 22.9 Å². The van der Waals surface area contributed by atoms with Crippen molar-refractivity contribution < 1.29 is 28.3 Å². The minimum Gasteiger partial charge on any atom is -0.497 e. The number of hydrogen-bond acceptors (Lipinski definition) is 10. The van der Waals surface area contributed by atoms with Gasteiger partial charge in [-0.25, -0.2) is 9.79 Å². The van der Waals surface area contributed by atoms with Crippen molar-refractivity contribution in [2.75, 3.05) is 14.2 Å². The zero-order chi connectivity index (χ0) is 30.1. The maximum Gasteiger partial charge on any atom is 0.338 e. The summed E-state index contributed by atoms with van der Waals surface area (Å²) in [5, 5.41) is 11.3. The first-order valence-electron chi connectivity index (χ1n) is 12.9. The van der Waals surface area contributed by atoms with Gasteiger partial charge in [-0.3, -0.25) is 19.5 Å².